The maximum atomic E-state index is 13.5. The Kier molecular flexibility index (Phi) is 19.8. The smallest absolute Gasteiger partial charge is 0.330 e. The van der Waals surface area contributed by atoms with E-state index in [1.165, 1.54) is 0 Å². The topological polar surface area (TPSA) is 141 Å². The molecule has 0 bridgehead atoms. The third kappa shape index (κ3) is 14.4. The minimum atomic E-state index is -1.75. The second kappa shape index (κ2) is 21.2. The van der Waals surface area contributed by atoms with Crippen molar-refractivity contribution in [3.8, 4) is 5.75 Å². The number of nitrogens with one attached hydrogen (secondary N) is 2. The van der Waals surface area contributed by atoms with E-state index in [1.54, 1.807) is 31.4 Å². The zero-order valence-electron chi connectivity index (χ0n) is 22.5. The van der Waals surface area contributed by atoms with E-state index in [9.17, 15) is 32.7 Å². The number of aromatic amines is 1. The van der Waals surface area contributed by atoms with E-state index in [2.05, 4.69) is 5.09 Å². The summed E-state index contributed by atoms with van der Waals surface area (Å²) in [4.78, 5) is 35.5. The van der Waals surface area contributed by atoms with Gasteiger partial charge in [-0.05, 0) is 26.0 Å². The molecule has 4 unspecified atom stereocenters. The lowest BCUT2D eigenvalue weighted by Crippen LogP contribution is -2.34. The van der Waals surface area contributed by atoms with Gasteiger partial charge in [0.2, 0.25) is 12.7 Å². The normalized spacial score (nSPS) is 18.5. The van der Waals surface area contributed by atoms with Gasteiger partial charge in [-0.25, -0.2) is 18.7 Å². The highest BCUT2D eigenvalue weighted by molar-refractivity contribution is 7.45. The number of para-hydroxylation sites is 1. The Labute approximate surface area is 226 Å². The third-order valence-corrected chi connectivity index (χ3v) is 5.70. The van der Waals surface area contributed by atoms with Crippen molar-refractivity contribution >= 4 is 14.8 Å². The minimum absolute atomic E-state index is 0.00128. The number of benzene rings is 1. The van der Waals surface area contributed by atoms with Gasteiger partial charge in [0.15, 0.2) is 0 Å². The van der Waals surface area contributed by atoms with Gasteiger partial charge in [0.1, 0.15) is 24.4 Å². The van der Waals surface area contributed by atoms with Crippen LogP contribution in [0.2, 0.25) is 0 Å². The lowest BCUT2D eigenvalue weighted by molar-refractivity contribution is -0.107. The van der Waals surface area contributed by atoms with Gasteiger partial charge < -0.3 is 28.4 Å². The standard InChI is InChI=1S/C17H19FN3O7P.C4H10O.C2H6.CH2F2/c18-12-9-21(17(25)20-16(12)24)15-8-13(23)14(27-15)10-26-29(19-6-7-22)28-11-4-2-1-3-5-11;1-4(2)5-3;1-2;2-1-3/h1-5,7,9,13-15,19,23H,6,8,10H2,(H,20,24,25);4H,1-3H3;1-2H3;1H2. The predicted molar refractivity (Wildman–Crippen MR) is 140 cm³/mol. The van der Waals surface area contributed by atoms with Gasteiger partial charge in [-0.3, -0.25) is 14.3 Å². The number of H-pyrrole nitrogens is 1. The summed E-state index contributed by atoms with van der Waals surface area (Å²) in [5.41, 5.74) is -1.98. The zero-order chi connectivity index (χ0) is 29.8. The molecule has 11 nitrogen and oxygen atoms in total. The van der Waals surface area contributed by atoms with Gasteiger partial charge in [0.25, 0.3) is 5.56 Å². The Morgan fingerprint density at radius 3 is 2.38 bits per heavy atom. The van der Waals surface area contributed by atoms with Crippen LogP contribution in [0.25, 0.3) is 0 Å². The van der Waals surface area contributed by atoms with Crippen LogP contribution >= 0.6 is 8.53 Å². The number of methoxy groups -OCH3 is 1. The van der Waals surface area contributed by atoms with Crippen molar-refractivity contribution in [2.45, 2.75) is 58.7 Å². The molecule has 15 heteroatoms. The van der Waals surface area contributed by atoms with Crippen molar-refractivity contribution in [1.29, 1.82) is 0 Å². The van der Waals surface area contributed by atoms with Crippen LogP contribution in [0.5, 0.6) is 5.75 Å². The fourth-order valence-electron chi connectivity index (χ4n) is 2.64. The van der Waals surface area contributed by atoms with Crippen molar-refractivity contribution in [3.63, 3.8) is 0 Å². The lowest BCUT2D eigenvalue weighted by Gasteiger charge is -2.21. The Balaban J connectivity index is 0.00000125. The molecule has 1 aliphatic rings. The van der Waals surface area contributed by atoms with E-state index in [0.717, 1.165) is 10.8 Å². The van der Waals surface area contributed by atoms with Crippen molar-refractivity contribution in [2.75, 3.05) is 27.2 Å². The highest BCUT2D eigenvalue weighted by atomic mass is 31.2. The summed E-state index contributed by atoms with van der Waals surface area (Å²) in [5, 5.41) is 13.0. The maximum Gasteiger partial charge on any atom is 0.330 e. The first-order valence-electron chi connectivity index (χ1n) is 12.0. The van der Waals surface area contributed by atoms with E-state index < -0.39 is 51.0 Å². The molecular formula is C24H37F3N3O8P. The number of halogens is 3. The molecule has 3 N–H and O–H groups in total. The monoisotopic (exact) mass is 583 g/mol. The van der Waals surface area contributed by atoms with Crippen molar-refractivity contribution in [3.05, 3.63) is 63.2 Å². The summed E-state index contributed by atoms with van der Waals surface area (Å²) in [6.45, 7) is 6.14. The van der Waals surface area contributed by atoms with Crippen LogP contribution in [0.4, 0.5) is 13.2 Å². The van der Waals surface area contributed by atoms with Crippen LogP contribution in [0.15, 0.2) is 46.1 Å². The number of nitrogens with zero attached hydrogens (tertiary/aromatic N) is 1. The quantitative estimate of drug-likeness (QED) is 0.284. The van der Waals surface area contributed by atoms with E-state index >= 15 is 0 Å². The first-order valence-corrected chi connectivity index (χ1v) is 13.2. The summed E-state index contributed by atoms with van der Waals surface area (Å²) >= 11 is 0. The molecule has 0 saturated carbocycles. The highest BCUT2D eigenvalue weighted by Gasteiger charge is 2.36. The number of alkyl halides is 2. The van der Waals surface area contributed by atoms with Gasteiger partial charge in [0, 0.05) is 13.5 Å². The van der Waals surface area contributed by atoms with Gasteiger partial charge >= 0.3 is 14.2 Å². The van der Waals surface area contributed by atoms with Crippen LogP contribution < -0.4 is 20.9 Å². The number of aldehydes is 1. The fraction of sp³-hybridized carbons (Fsp3) is 0.542. The van der Waals surface area contributed by atoms with Crippen LogP contribution in [0, 0.1) is 5.82 Å². The number of carbonyl (C=O) groups is 1. The van der Waals surface area contributed by atoms with Gasteiger partial charge in [0.05, 0.1) is 31.6 Å². The predicted octanol–water partition coefficient (Wildman–Crippen LogP) is 3.39. The lowest BCUT2D eigenvalue weighted by atomic mass is 10.2. The second-order valence-electron chi connectivity index (χ2n) is 7.45. The number of hydrogen-bond donors (Lipinski definition) is 3. The van der Waals surface area contributed by atoms with Crippen molar-refractivity contribution in [2.24, 2.45) is 0 Å². The number of aromatic nitrogens is 2. The Bertz CT molecular complexity index is 1030. The average molecular weight is 584 g/mol. The molecule has 1 saturated heterocycles. The first kappa shape index (κ1) is 36.4. The Morgan fingerprint density at radius 2 is 1.85 bits per heavy atom. The number of aliphatic hydroxyl groups is 1. The summed E-state index contributed by atoms with van der Waals surface area (Å²) < 4.78 is 55.2. The van der Waals surface area contributed by atoms with E-state index in [0.29, 0.717) is 18.1 Å². The molecule has 1 aliphatic heterocycles. The van der Waals surface area contributed by atoms with Gasteiger partial charge in [-0.2, -0.15) is 4.39 Å². The third-order valence-electron chi connectivity index (χ3n) is 4.50. The van der Waals surface area contributed by atoms with Crippen molar-refractivity contribution < 1.29 is 41.6 Å². The molecule has 3 rings (SSSR count). The molecule has 0 amide bonds. The van der Waals surface area contributed by atoms with Crippen LogP contribution in [0.1, 0.15) is 40.3 Å². The summed E-state index contributed by atoms with van der Waals surface area (Å²) in [6, 6.07) is 8.81. The molecule has 222 valence electrons. The molecule has 2 aromatic rings. The zero-order valence-corrected chi connectivity index (χ0v) is 23.4. The molecule has 2 heterocycles. The minimum Gasteiger partial charge on any atom is -0.436 e. The summed E-state index contributed by atoms with van der Waals surface area (Å²) in [6.07, 6.45) is -1.03. The van der Waals surface area contributed by atoms with Crippen LogP contribution in [-0.2, 0) is 18.8 Å². The van der Waals surface area contributed by atoms with Crippen molar-refractivity contribution in [1.82, 2.24) is 14.6 Å². The molecular weight excluding hydrogens is 546 g/mol. The molecule has 39 heavy (non-hydrogen) atoms. The molecule has 4 atom stereocenters. The van der Waals surface area contributed by atoms with E-state index in [-0.39, 0.29) is 19.6 Å². The second-order valence-corrected chi connectivity index (χ2v) is 8.72. The average Bonchev–Trinajstić information content (AvgIpc) is 3.30. The maximum absolute atomic E-state index is 13.5. The van der Waals surface area contributed by atoms with E-state index in [1.807, 2.05) is 38.7 Å². The SMILES string of the molecule is CC.COC(C)C.FCF.O=CCNP(OCC1OC(n2cc(F)c(=O)[nH]c2=O)CC1O)Oc1ccccc1. The number of rotatable bonds is 10. The highest BCUT2D eigenvalue weighted by Crippen LogP contribution is 2.37. The Morgan fingerprint density at radius 1 is 1.26 bits per heavy atom. The number of aliphatic hydroxyl groups excluding tert-OH is 1. The molecule has 0 aliphatic carbocycles. The fourth-order valence-corrected chi connectivity index (χ4v) is 3.67. The summed E-state index contributed by atoms with van der Waals surface area (Å²) in [7, 11) is -0.0116. The Hall–Kier alpha value is -2.61. The molecule has 0 spiro atoms. The van der Waals surface area contributed by atoms with Crippen LogP contribution in [-0.4, -0.2) is 66.4 Å². The number of carbonyl (C=O) groups excluding carboxylic acids is 1. The largest absolute Gasteiger partial charge is 0.436 e. The van der Waals surface area contributed by atoms with Gasteiger partial charge in [-0.1, -0.05) is 32.0 Å². The molecule has 0 radical (unpaired) electrons. The summed E-state index contributed by atoms with van der Waals surface area (Å²) in [5.74, 6) is -0.613. The molecule has 1 aromatic carbocycles. The molecule has 1 fully saturated rings. The number of hydrogen-bond acceptors (Lipinski definition) is 9. The number of ether oxygens (including phenoxy) is 2. The van der Waals surface area contributed by atoms with Crippen LogP contribution in [0.3, 0.4) is 0 Å². The van der Waals surface area contributed by atoms with E-state index in [4.69, 9.17) is 18.5 Å². The van der Waals surface area contributed by atoms with Gasteiger partial charge in [-0.15, -0.1) is 0 Å². The first-order chi connectivity index (χ1) is 18.7. The molecule has 1 aromatic heterocycles.